The first-order chi connectivity index (χ1) is 12.8. The number of aromatic nitrogens is 4. The van der Waals surface area contributed by atoms with Crippen LogP contribution in [0.3, 0.4) is 0 Å². The summed E-state index contributed by atoms with van der Waals surface area (Å²) in [7, 11) is 1.45. The Morgan fingerprint density at radius 3 is 2.74 bits per heavy atom. The van der Waals surface area contributed by atoms with Gasteiger partial charge in [-0.1, -0.05) is 17.3 Å². The summed E-state index contributed by atoms with van der Waals surface area (Å²) < 4.78 is 24.9. The third-order valence-corrected chi connectivity index (χ3v) is 4.15. The molecule has 0 fully saturated rings. The molecule has 3 aromatic rings. The first-order valence-corrected chi connectivity index (χ1v) is 8.08. The smallest absolute Gasteiger partial charge is 0.344 e. The van der Waals surface area contributed by atoms with Crippen molar-refractivity contribution in [1.82, 2.24) is 19.9 Å². The Hall–Kier alpha value is -3.36. The molecular weight excluding hydrogens is 355 g/mol. The molecule has 27 heavy (non-hydrogen) atoms. The van der Waals surface area contributed by atoms with Gasteiger partial charge in [0.05, 0.1) is 5.69 Å². The van der Waals surface area contributed by atoms with Crippen molar-refractivity contribution in [2.24, 2.45) is 7.05 Å². The maximum Gasteiger partial charge on any atom is 0.344 e. The van der Waals surface area contributed by atoms with Gasteiger partial charge in [0, 0.05) is 12.6 Å². The van der Waals surface area contributed by atoms with Crippen LogP contribution in [0.2, 0.25) is 0 Å². The fraction of sp³-hybridized carbons (Fsp3) is 0.278. The summed E-state index contributed by atoms with van der Waals surface area (Å²) in [6.07, 6.45) is 0. The Morgan fingerprint density at radius 2 is 2.04 bits per heavy atom. The summed E-state index contributed by atoms with van der Waals surface area (Å²) >= 11 is 0. The number of ether oxygens (including phenoxy) is 1. The average molecular weight is 372 g/mol. The number of nitrogens with zero attached hydrogens (tertiary/aromatic N) is 4. The van der Waals surface area contributed by atoms with Gasteiger partial charge >= 0.3 is 5.97 Å². The molecule has 9 heteroatoms. The molecular formula is C18H17FN4O4. The third-order valence-electron chi connectivity index (χ3n) is 4.15. The minimum absolute atomic E-state index is 0.0274. The number of aryl methyl sites for hydroxylation is 3. The van der Waals surface area contributed by atoms with E-state index < -0.39 is 11.5 Å². The summed E-state index contributed by atoms with van der Waals surface area (Å²) in [5.74, 6) is -0.990. The van der Waals surface area contributed by atoms with Crippen LogP contribution in [-0.4, -0.2) is 25.9 Å². The van der Waals surface area contributed by atoms with Crippen molar-refractivity contribution < 1.29 is 18.4 Å². The highest BCUT2D eigenvalue weighted by atomic mass is 19.1. The number of carbonyl (C=O) groups excluding carboxylic acids is 1. The Kier molecular flexibility index (Phi) is 4.85. The monoisotopic (exact) mass is 372 g/mol. The lowest BCUT2D eigenvalue weighted by atomic mass is 10.1. The summed E-state index contributed by atoms with van der Waals surface area (Å²) in [5, 5.41) is 7.76. The molecule has 0 bridgehead atoms. The van der Waals surface area contributed by atoms with E-state index in [0.717, 1.165) is 4.68 Å². The van der Waals surface area contributed by atoms with Crippen LogP contribution in [0.1, 0.15) is 33.1 Å². The van der Waals surface area contributed by atoms with Crippen molar-refractivity contribution in [3.8, 4) is 11.4 Å². The van der Waals surface area contributed by atoms with Crippen LogP contribution in [0.25, 0.3) is 11.4 Å². The average Bonchev–Trinajstić information content (AvgIpc) is 3.10. The van der Waals surface area contributed by atoms with Gasteiger partial charge in [-0.2, -0.15) is 10.1 Å². The normalized spacial score (nSPS) is 10.9. The molecule has 0 unspecified atom stereocenters. The van der Waals surface area contributed by atoms with Crippen molar-refractivity contribution in [1.29, 1.82) is 0 Å². The lowest BCUT2D eigenvalue weighted by Crippen LogP contribution is -2.29. The van der Waals surface area contributed by atoms with E-state index in [0.29, 0.717) is 22.4 Å². The molecule has 0 N–H and O–H groups in total. The van der Waals surface area contributed by atoms with Gasteiger partial charge in [0.15, 0.2) is 6.61 Å². The molecule has 0 saturated heterocycles. The largest absolute Gasteiger partial charge is 0.452 e. The van der Waals surface area contributed by atoms with Gasteiger partial charge in [-0.05, 0) is 38.0 Å². The van der Waals surface area contributed by atoms with Gasteiger partial charge in [0.1, 0.15) is 11.4 Å². The summed E-state index contributed by atoms with van der Waals surface area (Å²) in [6, 6.07) is 4.56. The first kappa shape index (κ1) is 18.4. The highest BCUT2D eigenvalue weighted by Gasteiger charge is 2.20. The molecule has 2 aromatic heterocycles. The number of benzene rings is 1. The van der Waals surface area contributed by atoms with Crippen LogP contribution in [0.5, 0.6) is 0 Å². The van der Waals surface area contributed by atoms with E-state index in [-0.39, 0.29) is 29.7 Å². The lowest BCUT2D eigenvalue weighted by molar-refractivity contribution is 0.0425. The van der Waals surface area contributed by atoms with Gasteiger partial charge < -0.3 is 9.26 Å². The van der Waals surface area contributed by atoms with E-state index in [2.05, 4.69) is 15.2 Å². The second-order valence-corrected chi connectivity index (χ2v) is 6.07. The van der Waals surface area contributed by atoms with Gasteiger partial charge in [-0.3, -0.25) is 4.79 Å². The lowest BCUT2D eigenvalue weighted by Gasteiger charge is -2.08. The van der Waals surface area contributed by atoms with Crippen LogP contribution < -0.4 is 5.56 Å². The minimum Gasteiger partial charge on any atom is -0.452 e. The van der Waals surface area contributed by atoms with Gasteiger partial charge in [-0.15, -0.1) is 0 Å². The molecule has 0 aliphatic carbocycles. The van der Waals surface area contributed by atoms with E-state index in [9.17, 15) is 14.0 Å². The second kappa shape index (κ2) is 7.10. The van der Waals surface area contributed by atoms with Crippen molar-refractivity contribution >= 4 is 5.97 Å². The molecule has 1 aromatic carbocycles. The fourth-order valence-corrected chi connectivity index (χ4v) is 2.45. The quantitative estimate of drug-likeness (QED) is 0.648. The highest BCUT2D eigenvalue weighted by molar-refractivity contribution is 5.90. The molecule has 0 atom stereocenters. The number of hydrogen-bond donors (Lipinski definition) is 0. The Bertz CT molecular complexity index is 1090. The zero-order chi connectivity index (χ0) is 19.7. The number of carbonyl (C=O) groups is 1. The predicted molar refractivity (Wildman–Crippen MR) is 92.5 cm³/mol. The maximum atomic E-state index is 13.7. The van der Waals surface area contributed by atoms with E-state index in [4.69, 9.17) is 9.26 Å². The topological polar surface area (TPSA) is 100 Å². The molecule has 3 rings (SSSR count). The SMILES string of the molecule is Cc1ccc(-c2noc(COC(=O)c3c(C)c(C)nn(C)c3=O)n2)cc1F. The van der Waals surface area contributed by atoms with E-state index >= 15 is 0 Å². The van der Waals surface area contributed by atoms with Crippen LogP contribution in [0.4, 0.5) is 4.39 Å². The van der Waals surface area contributed by atoms with Crippen molar-refractivity contribution in [2.45, 2.75) is 27.4 Å². The van der Waals surface area contributed by atoms with Crippen molar-refractivity contribution in [3.63, 3.8) is 0 Å². The molecule has 0 amide bonds. The number of esters is 1. The predicted octanol–water partition coefficient (Wildman–Crippen LogP) is 2.25. The Labute approximate surface area is 153 Å². The van der Waals surface area contributed by atoms with E-state index in [1.807, 2.05) is 0 Å². The van der Waals surface area contributed by atoms with Crippen LogP contribution in [0.15, 0.2) is 27.5 Å². The molecule has 0 radical (unpaired) electrons. The second-order valence-electron chi connectivity index (χ2n) is 6.07. The van der Waals surface area contributed by atoms with Crippen LogP contribution in [0, 0.1) is 26.6 Å². The standard InChI is InChI=1S/C18H17FN4O4/c1-9-5-6-12(7-13(9)19)16-20-14(27-22-16)8-26-18(25)15-10(2)11(3)21-23(4)17(15)24/h5-7H,8H2,1-4H3. The van der Waals surface area contributed by atoms with Crippen molar-refractivity contribution in [3.05, 3.63) is 62.6 Å². The van der Waals surface area contributed by atoms with Gasteiger partial charge in [0.2, 0.25) is 5.82 Å². The number of halogens is 1. The fourth-order valence-electron chi connectivity index (χ4n) is 2.45. The van der Waals surface area contributed by atoms with E-state index in [1.165, 1.54) is 13.1 Å². The third kappa shape index (κ3) is 3.62. The molecule has 0 spiro atoms. The molecule has 2 heterocycles. The number of hydrogen-bond acceptors (Lipinski definition) is 7. The Balaban J connectivity index is 1.77. The zero-order valence-corrected chi connectivity index (χ0v) is 15.2. The first-order valence-electron chi connectivity index (χ1n) is 8.08. The maximum absolute atomic E-state index is 13.7. The molecule has 0 saturated carbocycles. The number of rotatable bonds is 4. The van der Waals surface area contributed by atoms with Crippen molar-refractivity contribution in [2.75, 3.05) is 0 Å². The summed E-state index contributed by atoms with van der Waals surface area (Å²) in [4.78, 5) is 28.6. The highest BCUT2D eigenvalue weighted by Crippen LogP contribution is 2.19. The van der Waals surface area contributed by atoms with Gasteiger partial charge in [0.25, 0.3) is 11.4 Å². The minimum atomic E-state index is -0.806. The summed E-state index contributed by atoms with van der Waals surface area (Å²) in [5.41, 5.74) is 1.29. The molecule has 0 aliphatic heterocycles. The van der Waals surface area contributed by atoms with E-state index in [1.54, 1.807) is 32.9 Å². The van der Waals surface area contributed by atoms with Gasteiger partial charge in [-0.25, -0.2) is 13.9 Å². The summed E-state index contributed by atoms with van der Waals surface area (Å²) in [6.45, 7) is 4.64. The van der Waals surface area contributed by atoms with Crippen LogP contribution in [-0.2, 0) is 18.4 Å². The van der Waals surface area contributed by atoms with Crippen LogP contribution >= 0.6 is 0 Å². The zero-order valence-electron chi connectivity index (χ0n) is 15.2. The molecule has 8 nitrogen and oxygen atoms in total. The molecule has 0 aliphatic rings. The Morgan fingerprint density at radius 1 is 1.30 bits per heavy atom. The molecule has 140 valence electrons.